The number of esters is 1. The molecule has 3 aromatic rings. The third-order valence-electron chi connectivity index (χ3n) is 5.25. The van der Waals surface area contributed by atoms with E-state index in [4.69, 9.17) is 18.9 Å². The van der Waals surface area contributed by atoms with Crippen LogP contribution < -0.4 is 9.47 Å². The van der Waals surface area contributed by atoms with E-state index in [1.165, 1.54) is 0 Å². The monoisotopic (exact) mass is 438 g/mol. The van der Waals surface area contributed by atoms with Crippen LogP contribution in [0.2, 0.25) is 0 Å². The minimum absolute atomic E-state index is 0.0222. The average molecular weight is 439 g/mol. The minimum atomic E-state index is -0.380. The summed E-state index contributed by atoms with van der Waals surface area (Å²) < 4.78 is 22.8. The molecule has 1 fully saturated rings. The summed E-state index contributed by atoms with van der Waals surface area (Å²) >= 11 is 0. The summed E-state index contributed by atoms with van der Waals surface area (Å²) in [5.41, 5.74) is 2.23. The molecule has 0 atom stereocenters. The van der Waals surface area contributed by atoms with Crippen LogP contribution in [-0.2, 0) is 16.1 Å². The molecule has 2 aromatic carbocycles. The van der Waals surface area contributed by atoms with E-state index in [9.17, 15) is 4.79 Å². The van der Waals surface area contributed by atoms with Crippen molar-refractivity contribution in [3.63, 3.8) is 0 Å². The molecule has 1 N–H and O–H groups in total. The number of H-pyrrole nitrogens is 1. The Morgan fingerprint density at radius 1 is 1.12 bits per heavy atom. The molecule has 7 nitrogen and oxygen atoms in total. The average Bonchev–Trinajstić information content (AvgIpc) is 3.23. The van der Waals surface area contributed by atoms with Crippen LogP contribution in [0.3, 0.4) is 0 Å². The first-order valence-corrected chi connectivity index (χ1v) is 11.1. The second-order valence-electron chi connectivity index (χ2n) is 8.10. The van der Waals surface area contributed by atoms with Crippen molar-refractivity contribution < 1.29 is 23.7 Å². The standard InChI is InChI=1S/C25H30N2O5/c1-18(2)32-20-14-22-21(24(15-20)31-17-19-6-4-3-5-7-19)16-23(26-22)25(28)30-13-10-27-8-11-29-12-9-27/h3-7,14-16,18,26H,8-13,17H2,1-2H3. The molecule has 1 aromatic heterocycles. The van der Waals surface area contributed by atoms with E-state index in [0.717, 1.165) is 42.8 Å². The molecule has 0 unspecified atom stereocenters. The quantitative estimate of drug-likeness (QED) is 0.509. The van der Waals surface area contributed by atoms with Gasteiger partial charge in [-0.2, -0.15) is 0 Å². The number of ether oxygens (including phenoxy) is 4. The second-order valence-corrected chi connectivity index (χ2v) is 8.10. The molecular formula is C25H30N2O5. The van der Waals surface area contributed by atoms with Gasteiger partial charge in [0.2, 0.25) is 0 Å². The Bertz CT molecular complexity index is 1030. The van der Waals surface area contributed by atoms with Gasteiger partial charge in [0.25, 0.3) is 0 Å². The molecule has 0 spiro atoms. The van der Waals surface area contributed by atoms with Crippen LogP contribution in [0.15, 0.2) is 48.5 Å². The lowest BCUT2D eigenvalue weighted by Gasteiger charge is -2.26. The summed E-state index contributed by atoms with van der Waals surface area (Å²) in [4.78, 5) is 18.0. The van der Waals surface area contributed by atoms with Gasteiger partial charge in [0.05, 0.1) is 24.8 Å². The zero-order chi connectivity index (χ0) is 22.3. The predicted octanol–water partition coefficient (Wildman–Crippen LogP) is 4.02. The van der Waals surface area contributed by atoms with Crippen molar-refractivity contribution in [1.82, 2.24) is 9.88 Å². The van der Waals surface area contributed by atoms with E-state index in [1.807, 2.05) is 56.3 Å². The van der Waals surface area contributed by atoms with Gasteiger partial charge in [0.1, 0.15) is 30.4 Å². The first-order chi connectivity index (χ1) is 15.6. The molecule has 0 bridgehead atoms. The van der Waals surface area contributed by atoms with Crippen LogP contribution in [0.4, 0.5) is 0 Å². The van der Waals surface area contributed by atoms with Gasteiger partial charge in [-0.05, 0) is 25.5 Å². The van der Waals surface area contributed by atoms with Crippen molar-refractivity contribution in [2.75, 3.05) is 39.5 Å². The van der Waals surface area contributed by atoms with E-state index in [-0.39, 0.29) is 12.1 Å². The fourth-order valence-corrected chi connectivity index (χ4v) is 3.65. The molecule has 170 valence electrons. The predicted molar refractivity (Wildman–Crippen MR) is 122 cm³/mol. The number of aromatic amines is 1. The van der Waals surface area contributed by atoms with Crippen molar-refractivity contribution >= 4 is 16.9 Å². The number of aromatic nitrogens is 1. The number of rotatable bonds is 9. The van der Waals surface area contributed by atoms with Crippen molar-refractivity contribution in [3.05, 3.63) is 59.8 Å². The van der Waals surface area contributed by atoms with Gasteiger partial charge in [-0.25, -0.2) is 4.79 Å². The Kier molecular flexibility index (Phi) is 7.29. The normalized spacial score (nSPS) is 14.6. The molecule has 2 heterocycles. The van der Waals surface area contributed by atoms with Crippen LogP contribution in [0.1, 0.15) is 29.9 Å². The van der Waals surface area contributed by atoms with Gasteiger partial charge in [-0.1, -0.05) is 30.3 Å². The van der Waals surface area contributed by atoms with Gasteiger partial charge in [0.15, 0.2) is 0 Å². The first-order valence-electron chi connectivity index (χ1n) is 11.1. The molecule has 0 saturated carbocycles. The topological polar surface area (TPSA) is 73.0 Å². The fraction of sp³-hybridized carbons (Fsp3) is 0.400. The maximum absolute atomic E-state index is 12.6. The lowest BCUT2D eigenvalue weighted by Crippen LogP contribution is -2.38. The highest BCUT2D eigenvalue weighted by molar-refractivity contribution is 5.97. The van der Waals surface area contributed by atoms with Crippen molar-refractivity contribution in [3.8, 4) is 11.5 Å². The highest BCUT2D eigenvalue weighted by Gasteiger charge is 2.17. The van der Waals surface area contributed by atoms with E-state index in [2.05, 4.69) is 9.88 Å². The van der Waals surface area contributed by atoms with Gasteiger partial charge < -0.3 is 23.9 Å². The van der Waals surface area contributed by atoms with Gasteiger partial charge in [-0.3, -0.25) is 4.90 Å². The third kappa shape index (κ3) is 5.81. The fourth-order valence-electron chi connectivity index (χ4n) is 3.65. The summed E-state index contributed by atoms with van der Waals surface area (Å²) in [5.74, 6) is 0.963. The van der Waals surface area contributed by atoms with E-state index < -0.39 is 0 Å². The molecule has 0 amide bonds. The number of carbonyl (C=O) groups excluding carboxylic acids is 1. The summed E-state index contributed by atoms with van der Waals surface area (Å²) in [5, 5.41) is 0.817. The molecule has 32 heavy (non-hydrogen) atoms. The minimum Gasteiger partial charge on any atom is -0.491 e. The highest BCUT2D eigenvalue weighted by atomic mass is 16.5. The number of carbonyl (C=O) groups is 1. The van der Waals surface area contributed by atoms with Crippen molar-refractivity contribution in [2.45, 2.75) is 26.6 Å². The highest BCUT2D eigenvalue weighted by Crippen LogP contribution is 2.33. The maximum Gasteiger partial charge on any atom is 0.354 e. The molecule has 0 aliphatic carbocycles. The Morgan fingerprint density at radius 3 is 2.66 bits per heavy atom. The molecule has 1 aliphatic rings. The summed E-state index contributed by atoms with van der Waals surface area (Å²) in [7, 11) is 0. The molecule has 0 radical (unpaired) electrons. The molecular weight excluding hydrogens is 408 g/mol. The molecule has 4 rings (SSSR count). The van der Waals surface area contributed by atoms with Crippen LogP contribution in [0, 0.1) is 0 Å². The lowest BCUT2D eigenvalue weighted by atomic mass is 10.2. The number of hydrogen-bond donors (Lipinski definition) is 1. The second kappa shape index (κ2) is 10.5. The van der Waals surface area contributed by atoms with Crippen LogP contribution in [-0.4, -0.2) is 61.4 Å². The zero-order valence-corrected chi connectivity index (χ0v) is 18.6. The summed E-state index contributed by atoms with van der Waals surface area (Å²) in [6.07, 6.45) is 0.0222. The number of nitrogens with zero attached hydrogens (tertiary/aromatic N) is 1. The first kappa shape index (κ1) is 22.2. The van der Waals surface area contributed by atoms with E-state index in [1.54, 1.807) is 6.07 Å². The maximum atomic E-state index is 12.6. The van der Waals surface area contributed by atoms with Crippen LogP contribution in [0.5, 0.6) is 11.5 Å². The smallest absolute Gasteiger partial charge is 0.354 e. The Labute approximate surface area is 188 Å². The number of fused-ring (bicyclic) bond motifs is 1. The van der Waals surface area contributed by atoms with E-state index in [0.29, 0.717) is 37.0 Å². The number of morpholine rings is 1. The van der Waals surface area contributed by atoms with Gasteiger partial charge >= 0.3 is 5.97 Å². The Hall–Kier alpha value is -3.03. The number of hydrogen-bond acceptors (Lipinski definition) is 6. The van der Waals surface area contributed by atoms with Crippen molar-refractivity contribution in [2.24, 2.45) is 0 Å². The van der Waals surface area contributed by atoms with Crippen LogP contribution in [0.25, 0.3) is 10.9 Å². The van der Waals surface area contributed by atoms with Gasteiger partial charge in [0, 0.05) is 37.2 Å². The lowest BCUT2D eigenvalue weighted by molar-refractivity contribution is 0.0193. The Morgan fingerprint density at radius 2 is 1.91 bits per heavy atom. The number of nitrogens with one attached hydrogen (secondary N) is 1. The van der Waals surface area contributed by atoms with Crippen molar-refractivity contribution in [1.29, 1.82) is 0 Å². The number of benzene rings is 2. The molecule has 7 heteroatoms. The summed E-state index contributed by atoms with van der Waals surface area (Å²) in [6, 6.07) is 15.5. The molecule has 1 aliphatic heterocycles. The van der Waals surface area contributed by atoms with Gasteiger partial charge in [-0.15, -0.1) is 0 Å². The molecule has 1 saturated heterocycles. The van der Waals surface area contributed by atoms with E-state index >= 15 is 0 Å². The van der Waals surface area contributed by atoms with Crippen LogP contribution >= 0.6 is 0 Å². The summed E-state index contributed by atoms with van der Waals surface area (Å²) in [6.45, 7) is 8.59. The zero-order valence-electron chi connectivity index (χ0n) is 18.6. The largest absolute Gasteiger partial charge is 0.491 e. The Balaban J connectivity index is 1.49. The SMILES string of the molecule is CC(C)Oc1cc(OCc2ccccc2)c2cc(C(=O)OCCN3CCOCC3)[nH]c2c1. The third-order valence-corrected chi connectivity index (χ3v) is 5.25.